The van der Waals surface area contributed by atoms with E-state index in [2.05, 4.69) is 5.32 Å². The lowest BCUT2D eigenvalue weighted by Crippen LogP contribution is -2.51. The summed E-state index contributed by atoms with van der Waals surface area (Å²) < 4.78 is 40.1. The van der Waals surface area contributed by atoms with Crippen LogP contribution in [0.15, 0.2) is 53.4 Å². The lowest BCUT2D eigenvalue weighted by molar-refractivity contribution is -0.141. The molecule has 0 bridgehead atoms. The van der Waals surface area contributed by atoms with E-state index in [0.717, 1.165) is 9.87 Å². The highest BCUT2D eigenvalue weighted by molar-refractivity contribution is 7.89. The molecule has 0 unspecified atom stereocenters. The van der Waals surface area contributed by atoms with Gasteiger partial charge in [0.1, 0.15) is 11.9 Å². The second-order valence-electron chi connectivity index (χ2n) is 7.54. The van der Waals surface area contributed by atoms with Crippen LogP contribution in [0, 0.1) is 12.7 Å². The van der Waals surface area contributed by atoms with Gasteiger partial charge >= 0.3 is 0 Å². The molecule has 2 aromatic rings. The number of likely N-dealkylation sites (N-methyl/N-ethyl adjacent to an activating group) is 2. The number of nitrogens with zero attached hydrogens (tertiary/aromatic N) is 2. The van der Waals surface area contributed by atoms with Gasteiger partial charge in [-0.05, 0) is 50.1 Å². The summed E-state index contributed by atoms with van der Waals surface area (Å²) in [6, 6.07) is 11.2. The highest BCUT2D eigenvalue weighted by Gasteiger charge is 2.31. The molecule has 0 aliphatic carbocycles. The molecule has 0 heterocycles. The van der Waals surface area contributed by atoms with Crippen molar-refractivity contribution < 1.29 is 22.4 Å². The number of hydrogen-bond donors (Lipinski definition) is 1. The van der Waals surface area contributed by atoms with E-state index in [0.29, 0.717) is 18.5 Å². The van der Waals surface area contributed by atoms with Crippen LogP contribution >= 0.6 is 0 Å². The molecule has 32 heavy (non-hydrogen) atoms. The van der Waals surface area contributed by atoms with Crippen LogP contribution in [0.1, 0.15) is 31.4 Å². The van der Waals surface area contributed by atoms with Crippen LogP contribution in [0.3, 0.4) is 0 Å². The lowest BCUT2D eigenvalue weighted by atomic mass is 10.1. The summed E-state index contributed by atoms with van der Waals surface area (Å²) in [5, 5.41) is 2.72. The number of nitrogens with one attached hydrogen (secondary N) is 1. The van der Waals surface area contributed by atoms with Gasteiger partial charge in [-0.3, -0.25) is 9.59 Å². The molecule has 0 spiro atoms. The second kappa shape index (κ2) is 11.2. The largest absolute Gasteiger partial charge is 0.355 e. The first-order valence-electron chi connectivity index (χ1n) is 10.4. The van der Waals surface area contributed by atoms with Crippen molar-refractivity contribution in [1.29, 1.82) is 0 Å². The molecule has 0 saturated heterocycles. The molecule has 0 aliphatic rings. The average Bonchev–Trinajstić information content (AvgIpc) is 2.75. The average molecular weight is 464 g/mol. The molecule has 2 aromatic carbocycles. The molecule has 0 fully saturated rings. The number of hydrogen-bond acceptors (Lipinski definition) is 4. The van der Waals surface area contributed by atoms with Crippen LogP contribution in [0.25, 0.3) is 0 Å². The van der Waals surface area contributed by atoms with Crippen molar-refractivity contribution in [2.45, 2.75) is 44.7 Å². The maximum absolute atomic E-state index is 13.3. The van der Waals surface area contributed by atoms with E-state index in [9.17, 15) is 22.4 Å². The molecule has 174 valence electrons. The number of rotatable bonds is 10. The third-order valence-electron chi connectivity index (χ3n) is 5.09. The number of sulfonamides is 1. The molecule has 0 radical (unpaired) electrons. The van der Waals surface area contributed by atoms with E-state index in [1.807, 2.05) is 6.92 Å². The van der Waals surface area contributed by atoms with Crippen LogP contribution in [0.5, 0.6) is 0 Å². The minimum absolute atomic E-state index is 0.0488. The predicted octanol–water partition coefficient (Wildman–Crippen LogP) is 2.70. The van der Waals surface area contributed by atoms with Gasteiger partial charge in [0.15, 0.2) is 0 Å². The van der Waals surface area contributed by atoms with E-state index >= 15 is 0 Å². The first-order valence-corrected chi connectivity index (χ1v) is 11.9. The molecule has 0 aliphatic heterocycles. The number of amides is 2. The summed E-state index contributed by atoms with van der Waals surface area (Å²) in [7, 11) is -2.56. The van der Waals surface area contributed by atoms with Crippen molar-refractivity contribution in [2.24, 2.45) is 0 Å². The molecule has 1 N–H and O–H groups in total. The topological polar surface area (TPSA) is 86.8 Å². The van der Waals surface area contributed by atoms with Crippen LogP contribution < -0.4 is 5.32 Å². The minimum atomic E-state index is -3.89. The Balaban J connectivity index is 2.30. The van der Waals surface area contributed by atoms with E-state index in [4.69, 9.17) is 0 Å². The van der Waals surface area contributed by atoms with Crippen molar-refractivity contribution in [3.05, 3.63) is 65.5 Å². The van der Waals surface area contributed by atoms with Gasteiger partial charge in [0.2, 0.25) is 21.8 Å². The number of aryl methyl sites for hydroxylation is 1. The van der Waals surface area contributed by atoms with Crippen molar-refractivity contribution in [1.82, 2.24) is 14.5 Å². The van der Waals surface area contributed by atoms with Crippen molar-refractivity contribution in [3.63, 3.8) is 0 Å². The number of benzene rings is 2. The summed E-state index contributed by atoms with van der Waals surface area (Å²) >= 11 is 0. The van der Waals surface area contributed by atoms with E-state index < -0.39 is 34.3 Å². The van der Waals surface area contributed by atoms with Gasteiger partial charge < -0.3 is 10.2 Å². The third-order valence-corrected chi connectivity index (χ3v) is 6.91. The van der Waals surface area contributed by atoms with Crippen LogP contribution in [0.2, 0.25) is 0 Å². The Bertz CT molecular complexity index is 1020. The Morgan fingerprint density at radius 2 is 1.62 bits per heavy atom. The number of halogens is 1. The van der Waals surface area contributed by atoms with Crippen LogP contribution in [0.4, 0.5) is 4.39 Å². The van der Waals surface area contributed by atoms with Gasteiger partial charge in [-0.25, -0.2) is 12.8 Å². The van der Waals surface area contributed by atoms with E-state index in [-0.39, 0.29) is 17.3 Å². The van der Waals surface area contributed by atoms with Crippen LogP contribution in [-0.2, 0) is 26.2 Å². The van der Waals surface area contributed by atoms with Gasteiger partial charge in [0.05, 0.1) is 11.4 Å². The van der Waals surface area contributed by atoms with Gasteiger partial charge in [-0.1, -0.05) is 36.8 Å². The molecule has 9 heteroatoms. The highest BCUT2D eigenvalue weighted by Crippen LogP contribution is 2.17. The van der Waals surface area contributed by atoms with Gasteiger partial charge in [-0.15, -0.1) is 0 Å². The molecular weight excluding hydrogens is 433 g/mol. The molecule has 0 saturated carbocycles. The van der Waals surface area contributed by atoms with Crippen molar-refractivity contribution >= 4 is 21.8 Å². The summed E-state index contributed by atoms with van der Waals surface area (Å²) in [5.41, 5.74) is 1.55. The SMILES string of the molecule is CCNC(=O)[C@@H](CC)N(Cc1ccc(F)cc1)C(=O)CN(C)S(=O)(=O)c1ccc(C)cc1. The zero-order chi connectivity index (χ0) is 23.9. The first kappa shape index (κ1) is 25.5. The maximum atomic E-state index is 13.3. The fourth-order valence-electron chi connectivity index (χ4n) is 3.25. The normalized spacial score (nSPS) is 12.4. The summed E-state index contributed by atoms with van der Waals surface area (Å²) in [6.07, 6.45) is 0.340. The van der Waals surface area contributed by atoms with Gasteiger partial charge in [0.25, 0.3) is 0 Å². The predicted molar refractivity (Wildman–Crippen MR) is 121 cm³/mol. The molecule has 2 rings (SSSR count). The Morgan fingerprint density at radius 1 is 1.03 bits per heavy atom. The molecule has 7 nitrogen and oxygen atoms in total. The summed E-state index contributed by atoms with van der Waals surface area (Å²) in [4.78, 5) is 27.3. The number of carbonyl (C=O) groups excluding carboxylic acids is 2. The monoisotopic (exact) mass is 463 g/mol. The van der Waals surface area contributed by atoms with E-state index in [1.54, 1.807) is 26.0 Å². The fraction of sp³-hybridized carbons (Fsp3) is 0.391. The Hall–Kier alpha value is -2.78. The zero-order valence-electron chi connectivity index (χ0n) is 18.8. The lowest BCUT2D eigenvalue weighted by Gasteiger charge is -2.31. The van der Waals surface area contributed by atoms with E-state index in [1.165, 1.54) is 48.3 Å². The Kier molecular flexibility index (Phi) is 8.91. The van der Waals surface area contributed by atoms with Crippen LogP contribution in [-0.4, -0.2) is 55.6 Å². The standard InChI is InChI=1S/C23H30FN3O4S/c1-5-21(23(29)25-6-2)27(15-18-9-11-19(24)12-10-18)22(28)16-26(4)32(30,31)20-13-7-17(3)8-14-20/h7-14,21H,5-6,15-16H2,1-4H3,(H,25,29)/t21-/m1/s1. The van der Waals surface area contributed by atoms with Gasteiger partial charge in [-0.2, -0.15) is 4.31 Å². The zero-order valence-corrected chi connectivity index (χ0v) is 19.7. The molecule has 0 aromatic heterocycles. The fourth-order valence-corrected chi connectivity index (χ4v) is 4.37. The second-order valence-corrected chi connectivity index (χ2v) is 9.59. The molecule has 2 amide bonds. The quantitative estimate of drug-likeness (QED) is 0.587. The Labute approximate surface area is 189 Å². The number of carbonyl (C=O) groups is 2. The maximum Gasteiger partial charge on any atom is 0.243 e. The highest BCUT2D eigenvalue weighted by atomic mass is 32.2. The third kappa shape index (κ3) is 6.37. The molecule has 1 atom stereocenters. The van der Waals surface area contributed by atoms with Crippen molar-refractivity contribution in [2.75, 3.05) is 20.1 Å². The van der Waals surface area contributed by atoms with Gasteiger partial charge in [0, 0.05) is 20.1 Å². The summed E-state index contributed by atoms with van der Waals surface area (Å²) in [6.45, 7) is 5.41. The Morgan fingerprint density at radius 3 is 2.16 bits per heavy atom. The smallest absolute Gasteiger partial charge is 0.243 e. The first-order chi connectivity index (χ1) is 15.1. The van der Waals surface area contributed by atoms with Crippen molar-refractivity contribution in [3.8, 4) is 0 Å². The molecular formula is C23H30FN3O4S. The summed E-state index contributed by atoms with van der Waals surface area (Å²) in [5.74, 6) is -1.26. The minimum Gasteiger partial charge on any atom is -0.355 e.